The summed E-state index contributed by atoms with van der Waals surface area (Å²) in [6, 6.07) is 8.33. The molecule has 5 rings (SSSR count). The van der Waals surface area contributed by atoms with Crippen molar-refractivity contribution >= 4 is 10.9 Å². The third-order valence-electron chi connectivity index (χ3n) is 7.39. The van der Waals surface area contributed by atoms with Crippen molar-refractivity contribution < 1.29 is 9.50 Å². The molecule has 2 N–H and O–H groups in total. The Labute approximate surface area is 209 Å². The molecule has 4 heterocycles. The summed E-state index contributed by atoms with van der Waals surface area (Å²) >= 11 is 0. The van der Waals surface area contributed by atoms with E-state index in [1.165, 1.54) is 12.1 Å². The topological polar surface area (TPSA) is 82.3 Å². The molecule has 1 aliphatic rings. The van der Waals surface area contributed by atoms with Crippen LogP contribution in [0.5, 0.6) is 0 Å². The fourth-order valence-corrected chi connectivity index (χ4v) is 5.03. The van der Waals surface area contributed by atoms with Crippen LogP contribution in [-0.4, -0.2) is 80.6 Å². The number of aryl methyl sites for hydroxylation is 1. The van der Waals surface area contributed by atoms with Crippen LogP contribution >= 0.6 is 0 Å². The normalized spacial score (nSPS) is 17.0. The lowest BCUT2D eigenvalue weighted by Crippen LogP contribution is -2.46. The molecule has 0 aliphatic carbocycles. The van der Waals surface area contributed by atoms with Crippen LogP contribution in [0.3, 0.4) is 0 Å². The minimum Gasteiger partial charge on any atom is -0.394 e. The lowest BCUT2D eigenvalue weighted by atomic mass is 9.92. The second-order valence-electron chi connectivity index (χ2n) is 9.89. The molecule has 9 heteroatoms. The van der Waals surface area contributed by atoms with Gasteiger partial charge in [-0.05, 0) is 36.4 Å². The number of rotatable bonds is 7. The number of halogens is 1. The number of hydrogen-bond acceptors (Lipinski definition) is 5. The molecule has 190 valence electrons. The number of aromatic nitrogens is 4. The summed E-state index contributed by atoms with van der Waals surface area (Å²) in [7, 11) is 3.87. The fraction of sp³-hybridized carbons (Fsp3) is 0.407. The van der Waals surface area contributed by atoms with Crippen molar-refractivity contribution in [2.24, 2.45) is 7.05 Å². The van der Waals surface area contributed by atoms with Crippen LogP contribution in [0.4, 0.5) is 4.39 Å². The number of aromatic amines is 1. The molecule has 8 nitrogen and oxygen atoms in total. The van der Waals surface area contributed by atoms with Crippen LogP contribution in [0.15, 0.2) is 53.7 Å². The molecule has 0 radical (unpaired) electrons. The highest BCUT2D eigenvalue weighted by molar-refractivity contribution is 5.88. The number of nitrogens with zero attached hydrogens (tertiary/aromatic N) is 5. The van der Waals surface area contributed by atoms with Gasteiger partial charge < -0.3 is 19.6 Å². The van der Waals surface area contributed by atoms with Crippen molar-refractivity contribution in [3.05, 3.63) is 76.2 Å². The van der Waals surface area contributed by atoms with Crippen LogP contribution in [0.1, 0.15) is 30.0 Å². The highest BCUT2D eigenvalue weighted by Gasteiger charge is 2.21. The van der Waals surface area contributed by atoms with Crippen LogP contribution < -0.4 is 5.56 Å². The van der Waals surface area contributed by atoms with Gasteiger partial charge in [-0.1, -0.05) is 19.1 Å². The summed E-state index contributed by atoms with van der Waals surface area (Å²) in [6.45, 7) is 6.78. The van der Waals surface area contributed by atoms with E-state index < -0.39 is 0 Å². The van der Waals surface area contributed by atoms with E-state index in [0.717, 1.165) is 60.5 Å². The van der Waals surface area contributed by atoms with Gasteiger partial charge in [0.05, 0.1) is 18.8 Å². The first-order valence-electron chi connectivity index (χ1n) is 12.4. The average molecular weight is 493 g/mol. The van der Waals surface area contributed by atoms with Gasteiger partial charge >= 0.3 is 0 Å². The van der Waals surface area contributed by atoms with Crippen molar-refractivity contribution in [2.45, 2.75) is 18.9 Å². The molecule has 2 atom stereocenters. The van der Waals surface area contributed by atoms with Crippen LogP contribution in [0, 0.1) is 5.82 Å². The van der Waals surface area contributed by atoms with Crippen molar-refractivity contribution in [2.75, 3.05) is 46.4 Å². The molecular weight excluding hydrogens is 459 g/mol. The van der Waals surface area contributed by atoms with E-state index in [1.807, 2.05) is 23.1 Å². The number of pyridine rings is 1. The predicted octanol–water partition coefficient (Wildman–Crippen LogP) is 2.80. The Morgan fingerprint density at radius 3 is 2.53 bits per heavy atom. The summed E-state index contributed by atoms with van der Waals surface area (Å²) < 4.78 is 16.9. The molecule has 0 spiro atoms. The zero-order valence-electron chi connectivity index (χ0n) is 21.0. The van der Waals surface area contributed by atoms with E-state index >= 15 is 0 Å². The number of aliphatic hydroxyl groups is 1. The number of hydrogen-bond donors (Lipinski definition) is 2. The van der Waals surface area contributed by atoms with E-state index in [4.69, 9.17) is 0 Å². The average Bonchev–Trinajstić information content (AvgIpc) is 3.54. The van der Waals surface area contributed by atoms with Crippen molar-refractivity contribution in [3.63, 3.8) is 0 Å². The summed E-state index contributed by atoms with van der Waals surface area (Å²) in [6.07, 6.45) is 5.55. The summed E-state index contributed by atoms with van der Waals surface area (Å²) in [5.41, 5.74) is 4.03. The first kappa shape index (κ1) is 24.4. The Bertz CT molecular complexity index is 1400. The van der Waals surface area contributed by atoms with Gasteiger partial charge in [-0.3, -0.25) is 14.4 Å². The maximum absolute atomic E-state index is 13.5. The van der Waals surface area contributed by atoms with Crippen LogP contribution in [-0.2, 0) is 7.05 Å². The number of H-pyrrole nitrogens is 1. The quantitative estimate of drug-likeness (QED) is 0.415. The van der Waals surface area contributed by atoms with E-state index in [-0.39, 0.29) is 29.9 Å². The monoisotopic (exact) mass is 492 g/mol. The largest absolute Gasteiger partial charge is 0.394 e. The Morgan fingerprint density at radius 1 is 1.11 bits per heavy atom. The highest BCUT2D eigenvalue weighted by Crippen LogP contribution is 2.32. The van der Waals surface area contributed by atoms with Gasteiger partial charge in [0.1, 0.15) is 11.3 Å². The number of likely N-dealkylation sites (N-methyl/N-ethyl adjacent to an activating group) is 1. The molecule has 2 unspecified atom stereocenters. The number of piperazine rings is 1. The highest BCUT2D eigenvalue weighted by atomic mass is 19.1. The van der Waals surface area contributed by atoms with E-state index in [1.54, 1.807) is 29.9 Å². The molecular formula is C27H33FN6O2. The lowest BCUT2D eigenvalue weighted by molar-refractivity contribution is 0.112. The minimum atomic E-state index is -0.272. The van der Waals surface area contributed by atoms with E-state index in [2.05, 4.69) is 33.9 Å². The standard InChI is InChI=1S/C27H33FN6O2/c1-18(19-4-6-21(28)7-5-19)24-16-32(3)27(36)26-23(24)12-25(30-26)20-13-29-34(14-20)22(17-35)15-33-10-8-31(2)9-11-33/h4-7,12-14,16,18,22,30,35H,8-11,15,17H2,1-3H3. The molecule has 0 saturated carbocycles. The van der Waals surface area contributed by atoms with E-state index in [0.29, 0.717) is 5.52 Å². The summed E-state index contributed by atoms with van der Waals surface area (Å²) in [5.74, 6) is -0.306. The Kier molecular flexibility index (Phi) is 6.79. The van der Waals surface area contributed by atoms with Crippen LogP contribution in [0.2, 0.25) is 0 Å². The number of fused-ring (bicyclic) bond motifs is 1. The molecule has 0 amide bonds. The second kappa shape index (κ2) is 10.0. The predicted molar refractivity (Wildman–Crippen MR) is 139 cm³/mol. The molecule has 1 aromatic carbocycles. The van der Waals surface area contributed by atoms with Crippen molar-refractivity contribution in [3.8, 4) is 11.3 Å². The molecule has 1 fully saturated rings. The maximum atomic E-state index is 13.5. The van der Waals surface area contributed by atoms with Crippen LogP contribution in [0.25, 0.3) is 22.2 Å². The van der Waals surface area contributed by atoms with Crippen molar-refractivity contribution in [1.29, 1.82) is 0 Å². The van der Waals surface area contributed by atoms with Gasteiger partial charge in [-0.2, -0.15) is 5.10 Å². The fourth-order valence-electron chi connectivity index (χ4n) is 5.03. The SMILES string of the molecule is CC(c1ccc(F)cc1)c1cn(C)c(=O)c2[nH]c(-c3cnn(C(CO)CN4CCN(C)CC4)c3)cc12. The zero-order chi connectivity index (χ0) is 25.4. The molecule has 0 bridgehead atoms. The van der Waals surface area contributed by atoms with Gasteiger partial charge in [0, 0.05) is 74.7 Å². The molecule has 3 aromatic heterocycles. The van der Waals surface area contributed by atoms with Gasteiger partial charge in [0.25, 0.3) is 5.56 Å². The third kappa shape index (κ3) is 4.74. The van der Waals surface area contributed by atoms with Crippen molar-refractivity contribution in [1.82, 2.24) is 29.1 Å². The Hall–Kier alpha value is -3.27. The Balaban J connectivity index is 1.46. The molecule has 36 heavy (non-hydrogen) atoms. The second-order valence-corrected chi connectivity index (χ2v) is 9.89. The van der Waals surface area contributed by atoms with Gasteiger partial charge in [-0.15, -0.1) is 0 Å². The number of benzene rings is 1. The maximum Gasteiger partial charge on any atom is 0.274 e. The molecule has 1 saturated heterocycles. The minimum absolute atomic E-state index is 0.0000364. The first-order chi connectivity index (χ1) is 17.3. The number of aliphatic hydroxyl groups excluding tert-OH is 1. The lowest BCUT2D eigenvalue weighted by Gasteiger charge is -2.34. The van der Waals surface area contributed by atoms with E-state index in [9.17, 15) is 14.3 Å². The zero-order valence-corrected chi connectivity index (χ0v) is 21.0. The van der Waals surface area contributed by atoms with Gasteiger partial charge in [-0.25, -0.2) is 4.39 Å². The smallest absolute Gasteiger partial charge is 0.274 e. The summed E-state index contributed by atoms with van der Waals surface area (Å²) in [4.78, 5) is 20.9. The van der Waals surface area contributed by atoms with Gasteiger partial charge in [0.2, 0.25) is 0 Å². The van der Waals surface area contributed by atoms with Gasteiger partial charge in [0.15, 0.2) is 0 Å². The first-order valence-corrected chi connectivity index (χ1v) is 12.4. The Morgan fingerprint density at radius 2 is 1.83 bits per heavy atom. The summed E-state index contributed by atoms with van der Waals surface area (Å²) in [5, 5.41) is 15.5. The number of nitrogens with one attached hydrogen (secondary N) is 1. The third-order valence-corrected chi connectivity index (χ3v) is 7.39. The molecule has 1 aliphatic heterocycles. The molecule has 4 aromatic rings.